The Bertz CT molecular complexity index is 233. The van der Waals surface area contributed by atoms with E-state index in [1.165, 1.54) is 38.8 Å². The van der Waals surface area contributed by atoms with Crippen LogP contribution in [0.1, 0.15) is 53.4 Å². The third-order valence-corrected chi connectivity index (χ3v) is 4.42. The van der Waals surface area contributed by atoms with Crippen LogP contribution in [-0.2, 0) is 0 Å². The molecule has 17 heavy (non-hydrogen) atoms. The second-order valence-electron chi connectivity index (χ2n) is 6.70. The lowest BCUT2D eigenvalue weighted by Gasteiger charge is -2.47. The molecular weight excluding hydrogens is 208 g/mol. The van der Waals surface area contributed by atoms with E-state index < -0.39 is 0 Å². The highest BCUT2D eigenvalue weighted by Gasteiger charge is 2.38. The van der Waals surface area contributed by atoms with Gasteiger partial charge >= 0.3 is 0 Å². The Kier molecular flexibility index (Phi) is 4.48. The standard InChI is InChI=1S/C15H30N2/c1-11(2)16-9-14-7-8-15(14)17(12(3)4)10-13-5-6-13/h11-16H,5-10H2,1-4H3. The van der Waals surface area contributed by atoms with Gasteiger partial charge in [-0.15, -0.1) is 0 Å². The fraction of sp³-hybridized carbons (Fsp3) is 1.00. The summed E-state index contributed by atoms with van der Waals surface area (Å²) in [7, 11) is 0. The molecule has 0 aromatic heterocycles. The molecular formula is C15H30N2. The van der Waals surface area contributed by atoms with Crippen LogP contribution in [0.3, 0.4) is 0 Å². The maximum absolute atomic E-state index is 3.61. The normalized spacial score (nSPS) is 29.1. The van der Waals surface area contributed by atoms with Crippen molar-refractivity contribution in [2.75, 3.05) is 13.1 Å². The van der Waals surface area contributed by atoms with E-state index in [1.54, 1.807) is 0 Å². The lowest BCUT2D eigenvalue weighted by atomic mass is 9.77. The molecule has 0 radical (unpaired) electrons. The predicted molar refractivity (Wildman–Crippen MR) is 74.2 cm³/mol. The van der Waals surface area contributed by atoms with Crippen LogP contribution in [0, 0.1) is 11.8 Å². The summed E-state index contributed by atoms with van der Waals surface area (Å²) in [4.78, 5) is 2.79. The van der Waals surface area contributed by atoms with Crippen molar-refractivity contribution in [3.8, 4) is 0 Å². The Morgan fingerprint density at radius 3 is 2.18 bits per heavy atom. The van der Waals surface area contributed by atoms with Crippen LogP contribution in [-0.4, -0.2) is 36.1 Å². The van der Waals surface area contributed by atoms with Crippen molar-refractivity contribution in [3.63, 3.8) is 0 Å². The predicted octanol–water partition coefficient (Wildman–Crippen LogP) is 2.88. The minimum absolute atomic E-state index is 0.632. The van der Waals surface area contributed by atoms with E-state index in [4.69, 9.17) is 0 Å². The van der Waals surface area contributed by atoms with Crippen LogP contribution < -0.4 is 5.32 Å². The van der Waals surface area contributed by atoms with Crippen molar-refractivity contribution in [2.24, 2.45) is 11.8 Å². The first kappa shape index (κ1) is 13.4. The van der Waals surface area contributed by atoms with Gasteiger partial charge in [0.25, 0.3) is 0 Å². The Balaban J connectivity index is 1.80. The zero-order chi connectivity index (χ0) is 12.4. The first-order valence-electron chi connectivity index (χ1n) is 7.57. The topological polar surface area (TPSA) is 15.3 Å². The molecule has 2 aliphatic carbocycles. The molecule has 2 nitrogen and oxygen atoms in total. The van der Waals surface area contributed by atoms with E-state index in [0.29, 0.717) is 6.04 Å². The molecule has 2 aliphatic rings. The average molecular weight is 238 g/mol. The second kappa shape index (κ2) is 5.71. The molecule has 0 spiro atoms. The highest BCUT2D eigenvalue weighted by molar-refractivity contribution is 4.93. The second-order valence-corrected chi connectivity index (χ2v) is 6.70. The molecule has 2 fully saturated rings. The number of hydrogen-bond acceptors (Lipinski definition) is 2. The third-order valence-electron chi connectivity index (χ3n) is 4.42. The summed E-state index contributed by atoms with van der Waals surface area (Å²) >= 11 is 0. The maximum Gasteiger partial charge on any atom is 0.0139 e. The van der Waals surface area contributed by atoms with Gasteiger partial charge in [0, 0.05) is 24.7 Å². The van der Waals surface area contributed by atoms with E-state index in [1.807, 2.05) is 0 Å². The summed E-state index contributed by atoms with van der Waals surface area (Å²) in [6.07, 6.45) is 5.81. The van der Waals surface area contributed by atoms with Gasteiger partial charge in [0.1, 0.15) is 0 Å². The van der Waals surface area contributed by atoms with Crippen LogP contribution in [0.4, 0.5) is 0 Å². The molecule has 1 N–H and O–H groups in total. The van der Waals surface area contributed by atoms with Crippen LogP contribution in [0.15, 0.2) is 0 Å². The molecule has 0 saturated heterocycles. The van der Waals surface area contributed by atoms with Gasteiger partial charge < -0.3 is 5.32 Å². The molecule has 0 heterocycles. The summed E-state index contributed by atoms with van der Waals surface area (Å²) in [5, 5.41) is 3.61. The van der Waals surface area contributed by atoms with Gasteiger partial charge in [0.15, 0.2) is 0 Å². The summed E-state index contributed by atoms with van der Waals surface area (Å²) in [6, 6.07) is 2.22. The highest BCUT2D eigenvalue weighted by Crippen LogP contribution is 2.37. The van der Waals surface area contributed by atoms with Gasteiger partial charge in [0.2, 0.25) is 0 Å². The number of hydrogen-bond donors (Lipinski definition) is 1. The van der Waals surface area contributed by atoms with Gasteiger partial charge in [0.05, 0.1) is 0 Å². The summed E-state index contributed by atoms with van der Waals surface area (Å²) in [6.45, 7) is 11.8. The van der Waals surface area contributed by atoms with Gasteiger partial charge in [-0.3, -0.25) is 4.90 Å². The van der Waals surface area contributed by atoms with Gasteiger partial charge in [-0.2, -0.15) is 0 Å². The van der Waals surface area contributed by atoms with E-state index in [-0.39, 0.29) is 0 Å². The average Bonchev–Trinajstić information content (AvgIpc) is 2.98. The Hall–Kier alpha value is -0.0800. The molecule has 100 valence electrons. The molecule has 0 bridgehead atoms. The zero-order valence-electron chi connectivity index (χ0n) is 12.1. The van der Waals surface area contributed by atoms with Crippen molar-refractivity contribution in [3.05, 3.63) is 0 Å². The summed E-state index contributed by atoms with van der Waals surface area (Å²) in [5.74, 6) is 1.93. The Morgan fingerprint density at radius 2 is 1.76 bits per heavy atom. The van der Waals surface area contributed by atoms with Crippen LogP contribution in [0.2, 0.25) is 0 Å². The molecule has 2 saturated carbocycles. The van der Waals surface area contributed by atoms with E-state index in [2.05, 4.69) is 37.9 Å². The van der Waals surface area contributed by atoms with Gasteiger partial charge in [-0.1, -0.05) is 13.8 Å². The Labute approximate surface area is 107 Å². The minimum Gasteiger partial charge on any atom is -0.314 e. The first-order valence-corrected chi connectivity index (χ1v) is 7.57. The molecule has 0 aromatic rings. The van der Waals surface area contributed by atoms with Gasteiger partial charge in [-0.25, -0.2) is 0 Å². The maximum atomic E-state index is 3.61. The lowest BCUT2D eigenvalue weighted by molar-refractivity contribution is 0.0333. The van der Waals surface area contributed by atoms with E-state index in [0.717, 1.165) is 23.9 Å². The van der Waals surface area contributed by atoms with E-state index in [9.17, 15) is 0 Å². The van der Waals surface area contributed by atoms with Crippen molar-refractivity contribution in [1.82, 2.24) is 10.2 Å². The zero-order valence-corrected chi connectivity index (χ0v) is 12.1. The molecule has 2 heteroatoms. The smallest absolute Gasteiger partial charge is 0.0139 e. The van der Waals surface area contributed by atoms with Crippen LogP contribution in [0.25, 0.3) is 0 Å². The fourth-order valence-corrected chi connectivity index (χ4v) is 2.94. The molecule has 0 aliphatic heterocycles. The monoisotopic (exact) mass is 238 g/mol. The summed E-state index contributed by atoms with van der Waals surface area (Å²) in [5.41, 5.74) is 0. The molecule has 2 atom stereocenters. The molecule has 2 rings (SSSR count). The van der Waals surface area contributed by atoms with Crippen LogP contribution in [0.5, 0.6) is 0 Å². The lowest BCUT2D eigenvalue weighted by Crippen LogP contribution is -2.54. The first-order chi connectivity index (χ1) is 8.08. The molecule has 2 unspecified atom stereocenters. The van der Waals surface area contributed by atoms with Crippen molar-refractivity contribution in [1.29, 1.82) is 0 Å². The van der Waals surface area contributed by atoms with Crippen LogP contribution >= 0.6 is 0 Å². The fourth-order valence-electron chi connectivity index (χ4n) is 2.94. The Morgan fingerprint density at radius 1 is 1.06 bits per heavy atom. The summed E-state index contributed by atoms with van der Waals surface area (Å²) < 4.78 is 0. The number of nitrogens with one attached hydrogen (secondary N) is 1. The molecule has 0 aromatic carbocycles. The molecule has 0 amide bonds. The van der Waals surface area contributed by atoms with Crippen molar-refractivity contribution < 1.29 is 0 Å². The van der Waals surface area contributed by atoms with Gasteiger partial charge in [-0.05, 0) is 57.9 Å². The quantitative estimate of drug-likeness (QED) is 0.733. The van der Waals surface area contributed by atoms with E-state index >= 15 is 0 Å². The third kappa shape index (κ3) is 3.69. The van der Waals surface area contributed by atoms with Crippen molar-refractivity contribution >= 4 is 0 Å². The minimum atomic E-state index is 0.632. The SMILES string of the molecule is CC(C)NCC1CCC1N(CC1CC1)C(C)C. The highest BCUT2D eigenvalue weighted by atomic mass is 15.2. The largest absolute Gasteiger partial charge is 0.314 e. The number of rotatable bonds is 7. The number of nitrogens with zero attached hydrogens (tertiary/aromatic N) is 1. The van der Waals surface area contributed by atoms with Crippen molar-refractivity contribution in [2.45, 2.75) is 71.5 Å².